The third-order valence-electron chi connectivity index (χ3n) is 6.88. The van der Waals surface area contributed by atoms with Crippen molar-refractivity contribution in [3.8, 4) is 5.75 Å². The molecule has 0 heterocycles. The first-order valence-corrected chi connectivity index (χ1v) is 12.1. The molecule has 0 atom stereocenters. The molecule has 1 aromatic carbocycles. The van der Waals surface area contributed by atoms with E-state index in [-0.39, 0.29) is 23.7 Å². The Balaban J connectivity index is 1.95. The highest BCUT2D eigenvalue weighted by atomic mass is 16.5. The van der Waals surface area contributed by atoms with Gasteiger partial charge in [-0.05, 0) is 69.1 Å². The van der Waals surface area contributed by atoms with E-state index in [0.29, 0.717) is 55.2 Å². The second-order valence-corrected chi connectivity index (χ2v) is 9.31. The van der Waals surface area contributed by atoms with Gasteiger partial charge in [0.05, 0.1) is 25.0 Å². The number of carbonyl (C=O) groups is 3. The van der Waals surface area contributed by atoms with E-state index in [9.17, 15) is 14.4 Å². The summed E-state index contributed by atoms with van der Waals surface area (Å²) in [4.78, 5) is 40.2. The number of benzene rings is 1. The minimum absolute atomic E-state index is 0.0465. The summed E-state index contributed by atoms with van der Waals surface area (Å²) in [6.07, 6.45) is 7.97. The van der Waals surface area contributed by atoms with E-state index in [2.05, 4.69) is 13.8 Å². The molecular formula is C26H37NO5. The lowest BCUT2D eigenvalue weighted by Crippen LogP contribution is -2.47. The molecule has 32 heavy (non-hydrogen) atoms. The van der Waals surface area contributed by atoms with Crippen LogP contribution >= 0.6 is 0 Å². The van der Waals surface area contributed by atoms with E-state index in [1.165, 1.54) is 7.11 Å². The molecule has 0 aromatic heterocycles. The first-order chi connectivity index (χ1) is 15.4. The molecule has 2 fully saturated rings. The molecule has 0 spiro atoms. The molecule has 0 N–H and O–H groups in total. The largest absolute Gasteiger partial charge is 0.494 e. The highest BCUT2D eigenvalue weighted by Crippen LogP contribution is 2.36. The minimum atomic E-state index is -0.483. The number of amides is 1. The Bertz CT molecular complexity index is 802. The average Bonchev–Trinajstić information content (AvgIpc) is 2.81. The number of ether oxygens (including phenoxy) is 2. The molecule has 0 radical (unpaired) electrons. The van der Waals surface area contributed by atoms with Crippen molar-refractivity contribution in [3.05, 3.63) is 23.8 Å². The van der Waals surface area contributed by atoms with Crippen LogP contribution in [0.2, 0.25) is 0 Å². The van der Waals surface area contributed by atoms with Crippen molar-refractivity contribution in [2.45, 2.75) is 84.1 Å². The highest BCUT2D eigenvalue weighted by Gasteiger charge is 2.36. The quantitative estimate of drug-likeness (QED) is 0.401. The van der Waals surface area contributed by atoms with Crippen LogP contribution in [-0.2, 0) is 14.3 Å². The van der Waals surface area contributed by atoms with Crippen LogP contribution in [0.3, 0.4) is 0 Å². The van der Waals surface area contributed by atoms with Crippen LogP contribution in [-0.4, -0.2) is 37.4 Å². The van der Waals surface area contributed by atoms with Gasteiger partial charge in [-0.1, -0.05) is 20.3 Å². The maximum Gasteiger partial charge on any atom is 0.340 e. The molecular weight excluding hydrogens is 406 g/mol. The van der Waals surface area contributed by atoms with Crippen molar-refractivity contribution in [1.82, 2.24) is 0 Å². The molecule has 0 aliphatic heterocycles. The Labute approximate surface area is 191 Å². The highest BCUT2D eigenvalue weighted by molar-refractivity contribution is 6.04. The van der Waals surface area contributed by atoms with Crippen LogP contribution < -0.4 is 9.64 Å². The number of hydrogen-bond donors (Lipinski definition) is 0. The molecule has 2 aliphatic rings. The summed E-state index contributed by atoms with van der Waals surface area (Å²) >= 11 is 0. The molecule has 6 heteroatoms. The first kappa shape index (κ1) is 24.3. The molecule has 6 nitrogen and oxygen atoms in total. The lowest BCUT2D eigenvalue weighted by Gasteiger charge is -2.38. The third-order valence-corrected chi connectivity index (χ3v) is 6.88. The number of rotatable bonds is 8. The van der Waals surface area contributed by atoms with Crippen molar-refractivity contribution < 1.29 is 23.9 Å². The van der Waals surface area contributed by atoms with Gasteiger partial charge >= 0.3 is 5.97 Å². The molecule has 0 saturated heterocycles. The molecule has 3 rings (SSSR count). The average molecular weight is 444 g/mol. The van der Waals surface area contributed by atoms with Crippen LogP contribution in [0.4, 0.5) is 5.69 Å². The predicted molar refractivity (Wildman–Crippen MR) is 124 cm³/mol. The molecule has 1 amide bonds. The molecule has 2 aliphatic carbocycles. The normalized spacial score (nSPS) is 21.8. The Morgan fingerprint density at radius 2 is 1.75 bits per heavy atom. The van der Waals surface area contributed by atoms with Gasteiger partial charge in [0.2, 0.25) is 5.91 Å². The fourth-order valence-corrected chi connectivity index (χ4v) is 4.80. The number of carbonyl (C=O) groups excluding carboxylic acids is 3. The maximum absolute atomic E-state index is 13.8. The summed E-state index contributed by atoms with van der Waals surface area (Å²) in [5, 5.41) is 0. The van der Waals surface area contributed by atoms with Gasteiger partial charge in [-0.2, -0.15) is 0 Å². The maximum atomic E-state index is 13.8. The topological polar surface area (TPSA) is 72.9 Å². The molecule has 2 saturated carbocycles. The summed E-state index contributed by atoms with van der Waals surface area (Å²) in [5.74, 6) is 1.03. The fourth-order valence-electron chi connectivity index (χ4n) is 4.80. The lowest BCUT2D eigenvalue weighted by molar-refractivity contribution is -0.125. The van der Waals surface area contributed by atoms with Gasteiger partial charge in [0.25, 0.3) is 0 Å². The van der Waals surface area contributed by atoms with Gasteiger partial charge in [-0.15, -0.1) is 0 Å². The Hall–Kier alpha value is -2.37. The van der Waals surface area contributed by atoms with E-state index < -0.39 is 5.97 Å². The smallest absolute Gasteiger partial charge is 0.340 e. The Morgan fingerprint density at radius 3 is 2.38 bits per heavy atom. The van der Waals surface area contributed by atoms with Crippen molar-refractivity contribution in [1.29, 1.82) is 0 Å². The van der Waals surface area contributed by atoms with Gasteiger partial charge in [0, 0.05) is 24.8 Å². The van der Waals surface area contributed by atoms with Crippen molar-refractivity contribution in [2.24, 2.45) is 11.8 Å². The van der Waals surface area contributed by atoms with Gasteiger partial charge in [0.15, 0.2) is 0 Å². The van der Waals surface area contributed by atoms with Crippen molar-refractivity contribution >= 4 is 23.3 Å². The van der Waals surface area contributed by atoms with Gasteiger partial charge < -0.3 is 14.4 Å². The van der Waals surface area contributed by atoms with E-state index in [0.717, 1.165) is 38.5 Å². The van der Waals surface area contributed by atoms with E-state index >= 15 is 0 Å². The third kappa shape index (κ3) is 5.90. The predicted octanol–water partition coefficient (Wildman–Crippen LogP) is 5.32. The Morgan fingerprint density at radius 1 is 1.06 bits per heavy atom. The van der Waals surface area contributed by atoms with Crippen LogP contribution in [0, 0.1) is 11.8 Å². The van der Waals surface area contributed by atoms with Gasteiger partial charge in [-0.3, -0.25) is 9.59 Å². The number of ketones is 1. The fraction of sp³-hybridized carbons (Fsp3) is 0.654. The second kappa shape index (κ2) is 11.5. The standard InChI is InChI=1S/C26H37NO5/c1-4-5-16-32-22-14-15-24(23(17-22)26(30)31-3)27(20-10-12-21(28)13-11-20)25(29)19-8-6-18(2)7-9-19/h14-15,17-20H,4-13,16H2,1-3H3. The number of hydrogen-bond acceptors (Lipinski definition) is 5. The van der Waals surface area contributed by atoms with Gasteiger partial charge in [0.1, 0.15) is 11.5 Å². The summed E-state index contributed by atoms with van der Waals surface area (Å²) in [6, 6.07) is 5.24. The minimum Gasteiger partial charge on any atom is -0.494 e. The van der Waals surface area contributed by atoms with Crippen LogP contribution in [0.1, 0.15) is 88.4 Å². The number of nitrogens with zero attached hydrogens (tertiary/aromatic N) is 1. The van der Waals surface area contributed by atoms with Crippen LogP contribution in [0.15, 0.2) is 18.2 Å². The lowest BCUT2D eigenvalue weighted by atomic mass is 9.81. The number of unbranched alkanes of at least 4 members (excludes halogenated alkanes) is 1. The van der Waals surface area contributed by atoms with Crippen LogP contribution in [0.5, 0.6) is 5.75 Å². The number of anilines is 1. The molecule has 176 valence electrons. The number of esters is 1. The molecule has 0 bridgehead atoms. The number of Topliss-reactive ketones (excluding diaryl/α,β-unsaturated/α-hetero) is 1. The van der Waals surface area contributed by atoms with Gasteiger partial charge in [-0.25, -0.2) is 4.79 Å². The van der Waals surface area contributed by atoms with Crippen molar-refractivity contribution in [3.63, 3.8) is 0 Å². The summed E-state index contributed by atoms with van der Waals surface area (Å²) < 4.78 is 10.9. The van der Waals surface area contributed by atoms with E-state index in [1.54, 1.807) is 6.07 Å². The second-order valence-electron chi connectivity index (χ2n) is 9.31. The zero-order valence-corrected chi connectivity index (χ0v) is 19.7. The van der Waals surface area contributed by atoms with E-state index in [4.69, 9.17) is 9.47 Å². The summed E-state index contributed by atoms with van der Waals surface area (Å²) in [6.45, 7) is 4.90. The SMILES string of the molecule is CCCCOc1ccc(N(C(=O)C2CCC(C)CC2)C2CCC(=O)CC2)c(C(=O)OC)c1. The zero-order chi connectivity index (χ0) is 23.1. The zero-order valence-electron chi connectivity index (χ0n) is 19.7. The first-order valence-electron chi connectivity index (χ1n) is 12.1. The summed E-state index contributed by atoms with van der Waals surface area (Å²) in [7, 11) is 1.35. The molecule has 0 unspecified atom stereocenters. The monoisotopic (exact) mass is 443 g/mol. The van der Waals surface area contributed by atoms with Crippen molar-refractivity contribution in [2.75, 3.05) is 18.6 Å². The summed E-state index contributed by atoms with van der Waals surface area (Å²) in [5.41, 5.74) is 0.915. The Kier molecular flexibility index (Phi) is 8.71. The van der Waals surface area contributed by atoms with E-state index in [1.807, 2.05) is 17.0 Å². The molecule has 1 aromatic rings. The van der Waals surface area contributed by atoms with Crippen LogP contribution in [0.25, 0.3) is 0 Å². The number of methoxy groups -OCH3 is 1.